The van der Waals surface area contributed by atoms with Crippen LogP contribution in [0.2, 0.25) is 5.15 Å². The summed E-state index contributed by atoms with van der Waals surface area (Å²) in [7, 11) is 0. The fraction of sp³-hybridized carbons (Fsp3) is 0.333. The topological polar surface area (TPSA) is 80.7 Å². The summed E-state index contributed by atoms with van der Waals surface area (Å²) in [6.45, 7) is 4.38. The number of nitrogens with two attached hydrogens (primary N) is 1. The molecule has 1 aliphatic rings. The van der Waals surface area contributed by atoms with Crippen LogP contribution < -0.4 is 16.0 Å². The maximum atomic E-state index is 6.24. The van der Waals surface area contributed by atoms with Gasteiger partial charge in [-0.05, 0) is 12.1 Å². The maximum absolute atomic E-state index is 6.24. The first-order valence-corrected chi connectivity index (χ1v) is 9.06. The first kappa shape index (κ1) is 17.1. The van der Waals surface area contributed by atoms with Crippen molar-refractivity contribution in [2.24, 2.45) is 5.73 Å². The lowest BCUT2D eigenvalue weighted by Gasteiger charge is -2.28. The molecule has 136 valence electrons. The SMILES string of the molecule is NCCNc1ccc(-c2cc3nc(Cl)cc(N4CCOCC4)n3n2)cc1. The van der Waals surface area contributed by atoms with Gasteiger partial charge in [0.1, 0.15) is 11.0 Å². The molecule has 3 aromatic rings. The van der Waals surface area contributed by atoms with Gasteiger partial charge in [0.15, 0.2) is 5.65 Å². The highest BCUT2D eigenvalue weighted by molar-refractivity contribution is 6.29. The smallest absolute Gasteiger partial charge is 0.159 e. The van der Waals surface area contributed by atoms with E-state index in [0.29, 0.717) is 24.9 Å². The van der Waals surface area contributed by atoms with Gasteiger partial charge in [0, 0.05) is 49.6 Å². The van der Waals surface area contributed by atoms with Gasteiger partial charge in [-0.2, -0.15) is 9.61 Å². The van der Waals surface area contributed by atoms with Crippen molar-refractivity contribution in [3.8, 4) is 11.3 Å². The lowest BCUT2D eigenvalue weighted by Crippen LogP contribution is -2.37. The highest BCUT2D eigenvalue weighted by Crippen LogP contribution is 2.26. The fourth-order valence-corrected chi connectivity index (χ4v) is 3.25. The van der Waals surface area contributed by atoms with Crippen molar-refractivity contribution in [3.05, 3.63) is 41.6 Å². The third-order valence-corrected chi connectivity index (χ3v) is 4.56. The summed E-state index contributed by atoms with van der Waals surface area (Å²) in [6.07, 6.45) is 0. The summed E-state index contributed by atoms with van der Waals surface area (Å²) in [5.74, 6) is 0.941. The van der Waals surface area contributed by atoms with Crippen LogP contribution in [0.25, 0.3) is 16.9 Å². The van der Waals surface area contributed by atoms with Gasteiger partial charge in [-0.3, -0.25) is 0 Å². The molecule has 26 heavy (non-hydrogen) atoms. The average Bonchev–Trinajstić information content (AvgIpc) is 3.10. The molecule has 8 heteroatoms. The zero-order valence-corrected chi connectivity index (χ0v) is 15.1. The molecule has 0 bridgehead atoms. The monoisotopic (exact) mass is 372 g/mol. The highest BCUT2D eigenvalue weighted by Gasteiger charge is 2.17. The van der Waals surface area contributed by atoms with Crippen LogP contribution in [0.15, 0.2) is 36.4 Å². The molecule has 0 atom stereocenters. The van der Waals surface area contributed by atoms with Gasteiger partial charge < -0.3 is 20.7 Å². The zero-order chi connectivity index (χ0) is 17.9. The van der Waals surface area contributed by atoms with Crippen molar-refractivity contribution in [2.45, 2.75) is 0 Å². The zero-order valence-electron chi connectivity index (χ0n) is 14.4. The molecule has 0 radical (unpaired) electrons. The van der Waals surface area contributed by atoms with E-state index in [0.717, 1.165) is 48.0 Å². The molecule has 7 nitrogen and oxygen atoms in total. The largest absolute Gasteiger partial charge is 0.384 e. The lowest BCUT2D eigenvalue weighted by atomic mass is 10.1. The maximum Gasteiger partial charge on any atom is 0.159 e. The number of nitrogens with zero attached hydrogens (tertiary/aromatic N) is 4. The summed E-state index contributed by atoms with van der Waals surface area (Å²) >= 11 is 6.24. The molecule has 0 aliphatic carbocycles. The van der Waals surface area contributed by atoms with E-state index in [-0.39, 0.29) is 0 Å². The number of hydrogen-bond acceptors (Lipinski definition) is 6. The Hall–Kier alpha value is -2.35. The van der Waals surface area contributed by atoms with Gasteiger partial charge in [0.05, 0.1) is 18.9 Å². The number of halogens is 1. The quantitative estimate of drug-likeness (QED) is 0.669. The van der Waals surface area contributed by atoms with E-state index < -0.39 is 0 Å². The molecule has 1 saturated heterocycles. The molecule has 1 aliphatic heterocycles. The van der Waals surface area contributed by atoms with E-state index in [4.69, 9.17) is 27.2 Å². The molecular weight excluding hydrogens is 352 g/mol. The summed E-state index contributed by atoms with van der Waals surface area (Å²) < 4.78 is 7.30. The minimum absolute atomic E-state index is 0.465. The first-order chi connectivity index (χ1) is 12.7. The average molecular weight is 373 g/mol. The van der Waals surface area contributed by atoms with E-state index in [1.54, 1.807) is 0 Å². The second-order valence-corrected chi connectivity index (χ2v) is 6.52. The Morgan fingerprint density at radius 3 is 2.65 bits per heavy atom. The van der Waals surface area contributed by atoms with Crippen molar-refractivity contribution < 1.29 is 4.74 Å². The van der Waals surface area contributed by atoms with E-state index in [1.807, 2.05) is 40.9 Å². The van der Waals surface area contributed by atoms with Crippen LogP contribution in [-0.2, 0) is 4.74 Å². The fourth-order valence-electron chi connectivity index (χ4n) is 3.06. The minimum atomic E-state index is 0.465. The predicted molar refractivity (Wildman–Crippen MR) is 104 cm³/mol. The van der Waals surface area contributed by atoms with E-state index in [1.165, 1.54) is 0 Å². The summed E-state index contributed by atoms with van der Waals surface area (Å²) in [5, 5.41) is 8.49. The molecule has 0 amide bonds. The van der Waals surface area contributed by atoms with Crippen molar-refractivity contribution in [1.29, 1.82) is 0 Å². The van der Waals surface area contributed by atoms with E-state index in [2.05, 4.69) is 15.2 Å². The summed E-state index contributed by atoms with van der Waals surface area (Å²) in [6, 6.07) is 11.9. The van der Waals surface area contributed by atoms with Crippen molar-refractivity contribution in [2.75, 3.05) is 49.6 Å². The van der Waals surface area contributed by atoms with Gasteiger partial charge in [0.2, 0.25) is 0 Å². The van der Waals surface area contributed by atoms with Crippen LogP contribution >= 0.6 is 11.6 Å². The summed E-state index contributed by atoms with van der Waals surface area (Å²) in [5.41, 5.74) is 9.19. The Balaban J connectivity index is 1.68. The van der Waals surface area contributed by atoms with Crippen LogP contribution in [0.3, 0.4) is 0 Å². The standard InChI is InChI=1S/C18H21ClN6O/c19-16-12-18(24-7-9-26-10-8-24)25-17(22-16)11-15(23-25)13-1-3-14(4-2-13)21-6-5-20/h1-4,11-12,21H,5-10,20H2. The second-order valence-electron chi connectivity index (χ2n) is 6.13. The van der Waals surface area contributed by atoms with Gasteiger partial charge in [-0.1, -0.05) is 23.7 Å². The number of aromatic nitrogens is 3. The summed E-state index contributed by atoms with van der Waals surface area (Å²) in [4.78, 5) is 6.64. The van der Waals surface area contributed by atoms with Crippen molar-refractivity contribution in [3.63, 3.8) is 0 Å². The third-order valence-electron chi connectivity index (χ3n) is 4.37. The Kier molecular flexibility index (Phi) is 4.92. The molecule has 0 unspecified atom stereocenters. The van der Waals surface area contributed by atoms with E-state index >= 15 is 0 Å². The highest BCUT2D eigenvalue weighted by atomic mass is 35.5. The van der Waals surface area contributed by atoms with Crippen LogP contribution in [0, 0.1) is 0 Å². The van der Waals surface area contributed by atoms with E-state index in [9.17, 15) is 0 Å². The molecule has 0 saturated carbocycles. The van der Waals surface area contributed by atoms with Gasteiger partial charge >= 0.3 is 0 Å². The Labute approximate surface area is 156 Å². The number of ether oxygens (including phenoxy) is 1. The first-order valence-electron chi connectivity index (χ1n) is 8.68. The number of hydrogen-bond donors (Lipinski definition) is 2. The molecular formula is C18H21ClN6O. The molecule has 2 aromatic heterocycles. The third kappa shape index (κ3) is 3.46. The number of benzene rings is 1. The second kappa shape index (κ2) is 7.49. The van der Waals surface area contributed by atoms with Crippen LogP contribution in [0.5, 0.6) is 0 Å². The number of rotatable bonds is 5. The minimum Gasteiger partial charge on any atom is -0.384 e. The Morgan fingerprint density at radius 1 is 1.15 bits per heavy atom. The normalized spacial score (nSPS) is 14.8. The number of morpholine rings is 1. The van der Waals surface area contributed by atoms with Crippen LogP contribution in [0.4, 0.5) is 11.5 Å². The van der Waals surface area contributed by atoms with Gasteiger partial charge in [0.25, 0.3) is 0 Å². The van der Waals surface area contributed by atoms with Gasteiger partial charge in [-0.15, -0.1) is 0 Å². The number of fused-ring (bicyclic) bond motifs is 1. The van der Waals surface area contributed by atoms with Crippen molar-refractivity contribution >= 4 is 28.8 Å². The van der Waals surface area contributed by atoms with Crippen LogP contribution in [-0.4, -0.2) is 54.0 Å². The molecule has 1 fully saturated rings. The van der Waals surface area contributed by atoms with Crippen LogP contribution in [0.1, 0.15) is 0 Å². The predicted octanol–water partition coefficient (Wildman–Crippen LogP) is 2.26. The molecule has 4 rings (SSSR count). The van der Waals surface area contributed by atoms with Gasteiger partial charge in [-0.25, -0.2) is 4.98 Å². The Morgan fingerprint density at radius 2 is 1.92 bits per heavy atom. The number of anilines is 2. The Bertz CT molecular complexity index is 889. The molecule has 3 heterocycles. The molecule has 1 aromatic carbocycles. The molecule has 3 N–H and O–H groups in total. The van der Waals surface area contributed by atoms with Crippen molar-refractivity contribution in [1.82, 2.24) is 14.6 Å². The number of nitrogens with one attached hydrogen (secondary N) is 1. The molecule has 0 spiro atoms. The lowest BCUT2D eigenvalue weighted by molar-refractivity contribution is 0.122.